The second kappa shape index (κ2) is 9.12. The number of hydrogen-bond donors (Lipinski definition) is 1. The van der Waals surface area contributed by atoms with Crippen molar-refractivity contribution in [1.82, 2.24) is 5.32 Å². The van der Waals surface area contributed by atoms with E-state index in [1.54, 1.807) is 0 Å². The molecule has 3 heteroatoms. The largest absolute Gasteiger partial charge is 0.490 e. The first kappa shape index (κ1) is 18.8. The average molecular weight is 359 g/mol. The van der Waals surface area contributed by atoms with Gasteiger partial charge in [0.25, 0.3) is 0 Å². The lowest BCUT2D eigenvalue weighted by Crippen LogP contribution is -2.18. The van der Waals surface area contributed by atoms with Crippen molar-refractivity contribution in [3.05, 3.63) is 71.8 Å². The van der Waals surface area contributed by atoms with Crippen molar-refractivity contribution in [2.75, 3.05) is 13.2 Å². The molecule has 3 aromatic carbocycles. The Balaban J connectivity index is 1.73. The van der Waals surface area contributed by atoms with Gasteiger partial charge in [-0.25, -0.2) is 0 Å². The van der Waals surface area contributed by atoms with Crippen LogP contribution in [0.5, 0.6) is 11.5 Å². The van der Waals surface area contributed by atoms with Gasteiger partial charge >= 0.3 is 0 Å². The van der Waals surface area contributed by atoms with Gasteiger partial charge in [0.05, 0.1) is 6.61 Å². The second-order valence-corrected chi connectivity index (χ2v) is 6.38. The molecule has 27 heavy (non-hydrogen) atoms. The highest BCUT2D eigenvalue weighted by Gasteiger charge is 2.10. The van der Waals surface area contributed by atoms with Gasteiger partial charge in [-0.2, -0.15) is 0 Å². The number of rotatable bonds is 8. The molecule has 0 aromatic heterocycles. The van der Waals surface area contributed by atoms with Crippen LogP contribution in [0.2, 0.25) is 0 Å². The maximum atomic E-state index is 5.70. The van der Waals surface area contributed by atoms with Crippen LogP contribution in [-0.2, 0) is 6.54 Å². The molecular weight excluding hydrogens is 334 g/mol. The summed E-state index contributed by atoms with van der Waals surface area (Å²) in [6.45, 7) is 5.69. The molecule has 0 spiro atoms. The van der Waals surface area contributed by atoms with Crippen molar-refractivity contribution in [2.24, 2.45) is 0 Å². The topological polar surface area (TPSA) is 30.5 Å². The summed E-state index contributed by atoms with van der Waals surface area (Å²) in [6.07, 6.45) is 5.28. The smallest absolute Gasteiger partial charge is 0.162 e. The van der Waals surface area contributed by atoms with Gasteiger partial charge < -0.3 is 14.8 Å². The molecule has 3 rings (SSSR count). The minimum atomic E-state index is 0.226. The van der Waals surface area contributed by atoms with Crippen LogP contribution in [0.25, 0.3) is 10.8 Å². The van der Waals surface area contributed by atoms with Gasteiger partial charge in [0.1, 0.15) is 6.61 Å². The van der Waals surface area contributed by atoms with E-state index in [0.717, 1.165) is 17.9 Å². The van der Waals surface area contributed by atoms with Crippen LogP contribution in [0.3, 0.4) is 0 Å². The van der Waals surface area contributed by atoms with Gasteiger partial charge in [0.2, 0.25) is 0 Å². The maximum absolute atomic E-state index is 5.70. The van der Waals surface area contributed by atoms with Crippen LogP contribution in [0.1, 0.15) is 31.0 Å². The molecule has 3 nitrogen and oxygen atoms in total. The van der Waals surface area contributed by atoms with Crippen molar-refractivity contribution in [3.8, 4) is 23.8 Å². The van der Waals surface area contributed by atoms with E-state index in [2.05, 4.69) is 60.6 Å². The van der Waals surface area contributed by atoms with E-state index >= 15 is 0 Å². The zero-order valence-electron chi connectivity index (χ0n) is 15.9. The predicted octanol–water partition coefficient (Wildman–Crippen LogP) is 5.10. The molecule has 0 aliphatic rings. The fraction of sp³-hybridized carbons (Fsp3) is 0.250. The number of ether oxygens (including phenoxy) is 2. The van der Waals surface area contributed by atoms with E-state index in [-0.39, 0.29) is 12.6 Å². The summed E-state index contributed by atoms with van der Waals surface area (Å²) in [5.41, 5.74) is 2.44. The zero-order valence-corrected chi connectivity index (χ0v) is 15.9. The third-order valence-electron chi connectivity index (χ3n) is 4.52. The lowest BCUT2D eigenvalue weighted by Gasteiger charge is -2.18. The summed E-state index contributed by atoms with van der Waals surface area (Å²) in [5.74, 6) is 3.89. The van der Waals surface area contributed by atoms with Crippen LogP contribution >= 0.6 is 0 Å². The molecule has 0 radical (unpaired) electrons. The molecule has 0 heterocycles. The van der Waals surface area contributed by atoms with E-state index in [0.29, 0.717) is 12.4 Å². The van der Waals surface area contributed by atoms with E-state index in [4.69, 9.17) is 15.9 Å². The standard InChI is InChI=1S/C24H25NO2/c1-4-15-27-23-14-13-19(16-24(23)26-5-2)17-25-18(3)21-12-8-10-20-9-6-7-11-22(20)21/h1,6-14,16,18,25H,5,15,17H2,2-3H3. The lowest BCUT2D eigenvalue weighted by atomic mass is 9.99. The molecule has 0 amide bonds. The highest BCUT2D eigenvalue weighted by molar-refractivity contribution is 5.86. The lowest BCUT2D eigenvalue weighted by molar-refractivity contribution is 0.299. The number of nitrogens with one attached hydrogen (secondary N) is 1. The van der Waals surface area contributed by atoms with Crippen LogP contribution in [0.4, 0.5) is 0 Å². The van der Waals surface area contributed by atoms with Crippen molar-refractivity contribution < 1.29 is 9.47 Å². The molecule has 0 bridgehead atoms. The third kappa shape index (κ3) is 4.61. The fourth-order valence-corrected chi connectivity index (χ4v) is 3.18. The van der Waals surface area contributed by atoms with Crippen molar-refractivity contribution in [1.29, 1.82) is 0 Å². The summed E-state index contributed by atoms with van der Waals surface area (Å²) >= 11 is 0. The minimum absolute atomic E-state index is 0.226. The summed E-state index contributed by atoms with van der Waals surface area (Å²) in [6, 6.07) is 21.1. The Kier molecular flexibility index (Phi) is 6.35. The molecule has 0 aliphatic heterocycles. The molecule has 0 fully saturated rings. The molecule has 1 atom stereocenters. The Bertz CT molecular complexity index is 937. The highest BCUT2D eigenvalue weighted by Crippen LogP contribution is 2.29. The maximum Gasteiger partial charge on any atom is 0.162 e. The third-order valence-corrected chi connectivity index (χ3v) is 4.52. The van der Waals surface area contributed by atoms with Crippen molar-refractivity contribution in [2.45, 2.75) is 26.4 Å². The summed E-state index contributed by atoms with van der Waals surface area (Å²) in [4.78, 5) is 0. The summed E-state index contributed by atoms with van der Waals surface area (Å²) in [5, 5.41) is 6.16. The number of fused-ring (bicyclic) bond motifs is 1. The minimum Gasteiger partial charge on any atom is -0.490 e. The summed E-state index contributed by atoms with van der Waals surface area (Å²) in [7, 11) is 0. The van der Waals surface area contributed by atoms with E-state index in [1.165, 1.54) is 16.3 Å². The Hall–Kier alpha value is -2.96. The summed E-state index contributed by atoms with van der Waals surface area (Å²) < 4.78 is 11.3. The van der Waals surface area contributed by atoms with Gasteiger partial charge in [-0.05, 0) is 47.9 Å². The second-order valence-electron chi connectivity index (χ2n) is 6.38. The Morgan fingerprint density at radius 3 is 2.63 bits per heavy atom. The van der Waals surface area contributed by atoms with E-state index < -0.39 is 0 Å². The van der Waals surface area contributed by atoms with Crippen LogP contribution in [0, 0.1) is 12.3 Å². The zero-order chi connectivity index (χ0) is 19.1. The van der Waals surface area contributed by atoms with Crippen molar-refractivity contribution >= 4 is 10.8 Å². The van der Waals surface area contributed by atoms with E-state index in [1.807, 2.05) is 25.1 Å². The fourth-order valence-electron chi connectivity index (χ4n) is 3.18. The SMILES string of the molecule is C#CCOc1ccc(CNC(C)c2cccc3ccccc23)cc1OCC. The van der Waals surface area contributed by atoms with Gasteiger partial charge in [0.15, 0.2) is 11.5 Å². The van der Waals surface area contributed by atoms with Gasteiger partial charge in [-0.15, -0.1) is 6.42 Å². The monoisotopic (exact) mass is 359 g/mol. The first-order valence-electron chi connectivity index (χ1n) is 9.26. The first-order valence-corrected chi connectivity index (χ1v) is 9.26. The molecule has 0 saturated heterocycles. The molecule has 0 saturated carbocycles. The van der Waals surface area contributed by atoms with Gasteiger partial charge in [0, 0.05) is 12.6 Å². The van der Waals surface area contributed by atoms with Crippen LogP contribution in [0.15, 0.2) is 60.7 Å². The van der Waals surface area contributed by atoms with Crippen LogP contribution in [-0.4, -0.2) is 13.2 Å². The number of benzene rings is 3. The molecule has 1 N–H and O–H groups in total. The Morgan fingerprint density at radius 2 is 1.81 bits per heavy atom. The molecule has 0 aliphatic carbocycles. The Labute approximate surface area is 161 Å². The van der Waals surface area contributed by atoms with Gasteiger partial charge in [-0.3, -0.25) is 0 Å². The molecule has 138 valence electrons. The first-order chi connectivity index (χ1) is 13.2. The normalized spacial score (nSPS) is 11.7. The molecular formula is C24H25NO2. The quantitative estimate of drug-likeness (QED) is 0.568. The van der Waals surface area contributed by atoms with Gasteiger partial charge in [-0.1, -0.05) is 54.5 Å². The molecule has 3 aromatic rings. The number of terminal acetylenes is 1. The average Bonchev–Trinajstić information content (AvgIpc) is 2.71. The van der Waals surface area contributed by atoms with E-state index in [9.17, 15) is 0 Å². The predicted molar refractivity (Wildman–Crippen MR) is 111 cm³/mol. The number of hydrogen-bond acceptors (Lipinski definition) is 3. The highest BCUT2D eigenvalue weighted by atomic mass is 16.5. The van der Waals surface area contributed by atoms with Crippen molar-refractivity contribution in [3.63, 3.8) is 0 Å². The molecule has 1 unspecified atom stereocenters. The Morgan fingerprint density at radius 1 is 1.00 bits per heavy atom. The van der Waals surface area contributed by atoms with Crippen LogP contribution < -0.4 is 14.8 Å².